The van der Waals surface area contributed by atoms with Gasteiger partial charge in [0.2, 0.25) is 6.79 Å². The lowest BCUT2D eigenvalue weighted by Gasteiger charge is -2.26. The minimum atomic E-state index is -0.788. The zero-order chi connectivity index (χ0) is 25.5. The van der Waals surface area contributed by atoms with E-state index >= 15 is 0 Å². The molecule has 1 saturated heterocycles. The number of ketones is 1. The number of Topliss-reactive ketones (excluding diaryl/α,β-unsaturated/α-hetero) is 1. The van der Waals surface area contributed by atoms with Gasteiger partial charge in [-0.3, -0.25) is 9.59 Å². The van der Waals surface area contributed by atoms with Crippen molar-refractivity contribution in [1.29, 1.82) is 0 Å². The molecular formula is C29H25NO7. The zero-order valence-electron chi connectivity index (χ0n) is 20.2. The number of aliphatic hydroxyl groups excluding tert-OH is 1. The van der Waals surface area contributed by atoms with E-state index in [1.165, 1.54) is 4.90 Å². The predicted molar refractivity (Wildman–Crippen MR) is 134 cm³/mol. The maximum absolute atomic E-state index is 13.4. The number of likely N-dealkylation sites (tertiary alicyclic amines) is 1. The topological polar surface area (TPSA) is 94.5 Å². The van der Waals surface area contributed by atoms with E-state index in [0.717, 1.165) is 29.7 Å². The summed E-state index contributed by atoms with van der Waals surface area (Å²) in [7, 11) is 1.57. The van der Waals surface area contributed by atoms with Gasteiger partial charge in [-0.15, -0.1) is 0 Å². The highest BCUT2D eigenvalue weighted by atomic mass is 16.7. The number of nitrogens with zero attached hydrogens (tertiary/aromatic N) is 1. The summed E-state index contributed by atoms with van der Waals surface area (Å²) in [6, 6.07) is 17.1. The fourth-order valence-corrected chi connectivity index (χ4v) is 5.08. The smallest absolute Gasteiger partial charge is 0.295 e. The minimum absolute atomic E-state index is 0.0487. The van der Waals surface area contributed by atoms with Crippen LogP contribution in [0.5, 0.6) is 23.0 Å². The van der Waals surface area contributed by atoms with Crippen molar-refractivity contribution in [3.8, 4) is 23.0 Å². The molecule has 0 bridgehead atoms. The Morgan fingerprint density at radius 3 is 2.57 bits per heavy atom. The summed E-state index contributed by atoms with van der Waals surface area (Å²) in [6.45, 7) is 0.939. The second-order valence-electron chi connectivity index (χ2n) is 9.16. The first kappa shape index (κ1) is 23.0. The summed E-state index contributed by atoms with van der Waals surface area (Å²) in [5, 5.41) is 11.4. The molecule has 1 unspecified atom stereocenters. The Labute approximate surface area is 213 Å². The Morgan fingerprint density at radius 2 is 1.76 bits per heavy atom. The number of hydrogen-bond donors (Lipinski definition) is 1. The molecule has 3 aromatic rings. The van der Waals surface area contributed by atoms with Crippen LogP contribution in [0.25, 0.3) is 5.76 Å². The molecule has 3 aliphatic rings. The fourth-order valence-electron chi connectivity index (χ4n) is 5.08. The molecule has 1 atom stereocenters. The van der Waals surface area contributed by atoms with E-state index in [2.05, 4.69) is 0 Å². The number of carbonyl (C=O) groups is 2. The molecule has 6 rings (SSSR count). The summed E-state index contributed by atoms with van der Waals surface area (Å²) >= 11 is 0. The molecular weight excluding hydrogens is 474 g/mol. The van der Waals surface area contributed by atoms with E-state index in [4.69, 9.17) is 18.9 Å². The summed E-state index contributed by atoms with van der Waals surface area (Å²) < 4.78 is 21.9. The van der Waals surface area contributed by atoms with Gasteiger partial charge in [0.15, 0.2) is 11.5 Å². The Bertz CT molecular complexity index is 1430. The SMILES string of the molecule is COc1ccc(C2/C(=C(/O)c3ccc4c(c3)CCCO4)C(=O)C(=O)N2Cc2ccc3c(c2)OCO3)cc1. The Morgan fingerprint density at radius 1 is 0.973 bits per heavy atom. The van der Waals surface area contributed by atoms with Gasteiger partial charge in [0.1, 0.15) is 17.3 Å². The highest BCUT2D eigenvalue weighted by Crippen LogP contribution is 2.42. The molecule has 0 aliphatic carbocycles. The van der Waals surface area contributed by atoms with Gasteiger partial charge in [-0.1, -0.05) is 18.2 Å². The van der Waals surface area contributed by atoms with Crippen LogP contribution >= 0.6 is 0 Å². The van der Waals surface area contributed by atoms with Crippen LogP contribution in [0.4, 0.5) is 0 Å². The largest absolute Gasteiger partial charge is 0.507 e. The van der Waals surface area contributed by atoms with E-state index in [-0.39, 0.29) is 24.7 Å². The van der Waals surface area contributed by atoms with Crippen LogP contribution in [-0.2, 0) is 22.6 Å². The number of fused-ring (bicyclic) bond motifs is 2. The van der Waals surface area contributed by atoms with Gasteiger partial charge in [0.25, 0.3) is 11.7 Å². The summed E-state index contributed by atoms with van der Waals surface area (Å²) in [6.07, 6.45) is 1.69. The second-order valence-corrected chi connectivity index (χ2v) is 9.16. The first-order valence-corrected chi connectivity index (χ1v) is 12.1. The Kier molecular flexibility index (Phi) is 5.71. The van der Waals surface area contributed by atoms with Crippen molar-refractivity contribution in [2.24, 2.45) is 0 Å². The molecule has 0 radical (unpaired) electrons. The molecule has 1 amide bonds. The number of hydrogen-bond acceptors (Lipinski definition) is 7. The van der Waals surface area contributed by atoms with E-state index in [0.29, 0.717) is 35.0 Å². The lowest BCUT2D eigenvalue weighted by molar-refractivity contribution is -0.140. The standard InChI is InChI=1S/C29H25NO7/c1-34-21-8-5-18(6-9-21)26-25(27(31)20-7-11-22-19(14-20)3-2-12-35-22)28(32)29(33)30(26)15-17-4-10-23-24(13-17)37-16-36-23/h4-11,13-14,26,31H,2-3,12,15-16H2,1H3/b27-25-. The number of ether oxygens (including phenoxy) is 4. The Balaban J connectivity index is 1.44. The van der Waals surface area contributed by atoms with Crippen molar-refractivity contribution in [3.05, 3.63) is 88.5 Å². The lowest BCUT2D eigenvalue weighted by atomic mass is 9.94. The number of rotatable bonds is 5. The van der Waals surface area contributed by atoms with Crippen molar-refractivity contribution in [2.75, 3.05) is 20.5 Å². The minimum Gasteiger partial charge on any atom is -0.507 e. The van der Waals surface area contributed by atoms with Crippen molar-refractivity contribution in [3.63, 3.8) is 0 Å². The molecule has 3 heterocycles. The lowest BCUT2D eigenvalue weighted by Crippen LogP contribution is -2.29. The van der Waals surface area contributed by atoms with Gasteiger partial charge in [-0.25, -0.2) is 0 Å². The maximum atomic E-state index is 13.4. The van der Waals surface area contributed by atoms with Gasteiger partial charge in [-0.2, -0.15) is 0 Å². The van der Waals surface area contributed by atoms with E-state index in [1.807, 2.05) is 12.1 Å². The molecule has 0 spiro atoms. The van der Waals surface area contributed by atoms with Crippen molar-refractivity contribution >= 4 is 17.4 Å². The molecule has 37 heavy (non-hydrogen) atoms. The third-order valence-corrected chi connectivity index (χ3v) is 6.94. The highest BCUT2D eigenvalue weighted by molar-refractivity contribution is 6.46. The van der Waals surface area contributed by atoms with Crippen molar-refractivity contribution in [1.82, 2.24) is 4.90 Å². The third-order valence-electron chi connectivity index (χ3n) is 6.94. The number of amides is 1. The van der Waals surface area contributed by atoms with E-state index < -0.39 is 17.7 Å². The number of benzene rings is 3. The Hall–Kier alpha value is -4.46. The van der Waals surface area contributed by atoms with Crippen molar-refractivity contribution in [2.45, 2.75) is 25.4 Å². The van der Waals surface area contributed by atoms with Gasteiger partial charge in [0, 0.05) is 12.1 Å². The average molecular weight is 500 g/mol. The van der Waals surface area contributed by atoms with Crippen LogP contribution in [0.15, 0.2) is 66.2 Å². The highest BCUT2D eigenvalue weighted by Gasteiger charge is 2.46. The second kappa shape index (κ2) is 9.20. The van der Waals surface area contributed by atoms with E-state index in [1.54, 1.807) is 55.6 Å². The molecule has 8 nitrogen and oxygen atoms in total. The first-order chi connectivity index (χ1) is 18.0. The summed E-state index contributed by atoms with van der Waals surface area (Å²) in [4.78, 5) is 28.2. The normalized spacial score (nSPS) is 19.5. The predicted octanol–water partition coefficient (Wildman–Crippen LogP) is 4.37. The third kappa shape index (κ3) is 4.04. The number of aryl methyl sites for hydroxylation is 1. The average Bonchev–Trinajstić information content (AvgIpc) is 3.50. The molecule has 188 valence electrons. The first-order valence-electron chi connectivity index (χ1n) is 12.1. The number of carbonyl (C=O) groups excluding carboxylic acids is 2. The van der Waals surface area contributed by atoms with Crippen LogP contribution in [0, 0.1) is 0 Å². The van der Waals surface area contributed by atoms with Crippen LogP contribution in [0.3, 0.4) is 0 Å². The van der Waals surface area contributed by atoms with Gasteiger partial charge >= 0.3 is 0 Å². The monoisotopic (exact) mass is 499 g/mol. The summed E-state index contributed by atoms with van der Waals surface area (Å²) in [5.41, 5.74) is 2.95. The molecule has 1 N–H and O–H groups in total. The number of methoxy groups -OCH3 is 1. The van der Waals surface area contributed by atoms with Crippen LogP contribution in [0.1, 0.15) is 34.7 Å². The van der Waals surface area contributed by atoms with Gasteiger partial charge in [-0.05, 0) is 72.0 Å². The van der Waals surface area contributed by atoms with E-state index in [9.17, 15) is 14.7 Å². The molecule has 0 saturated carbocycles. The molecule has 1 fully saturated rings. The quantitative estimate of drug-likeness (QED) is 0.316. The molecule has 8 heteroatoms. The summed E-state index contributed by atoms with van der Waals surface area (Å²) in [5.74, 6) is 1.03. The van der Waals surface area contributed by atoms with Gasteiger partial charge in [0.05, 0.1) is 25.3 Å². The molecule has 0 aromatic heterocycles. The van der Waals surface area contributed by atoms with Crippen LogP contribution < -0.4 is 18.9 Å². The fraction of sp³-hybridized carbons (Fsp3) is 0.241. The number of aliphatic hydroxyl groups is 1. The van der Waals surface area contributed by atoms with Gasteiger partial charge < -0.3 is 29.0 Å². The van der Waals surface area contributed by atoms with Crippen LogP contribution in [0.2, 0.25) is 0 Å². The molecule has 3 aliphatic heterocycles. The van der Waals surface area contributed by atoms with Crippen LogP contribution in [-0.4, -0.2) is 42.2 Å². The van der Waals surface area contributed by atoms with Crippen molar-refractivity contribution < 1.29 is 33.6 Å². The maximum Gasteiger partial charge on any atom is 0.295 e. The molecule has 3 aromatic carbocycles. The zero-order valence-corrected chi connectivity index (χ0v) is 20.2.